The second kappa shape index (κ2) is 8.87. The lowest BCUT2D eigenvalue weighted by Gasteiger charge is -2.19. The third-order valence-electron chi connectivity index (χ3n) is 3.99. The number of hydrogen-bond donors (Lipinski definition) is 4. The zero-order valence-corrected chi connectivity index (χ0v) is 14.6. The van der Waals surface area contributed by atoms with Crippen LogP contribution in [0.2, 0.25) is 0 Å². The highest BCUT2D eigenvalue weighted by molar-refractivity contribution is 5.87. The predicted octanol–water partition coefficient (Wildman–Crippen LogP) is 0.621. The number of anilines is 2. The van der Waals surface area contributed by atoms with Crippen LogP contribution in [-0.2, 0) is 27.2 Å². The Hall–Kier alpha value is -3.06. The van der Waals surface area contributed by atoms with Crippen molar-refractivity contribution in [1.29, 1.82) is 0 Å². The summed E-state index contributed by atoms with van der Waals surface area (Å²) in [5.41, 5.74) is 20.3. The standard InChI is InChI=1S/C19H24N4O3/c1-26-19(25)17(11-13-4-8-15(21)9-5-13)23-18(24)16(22)10-12-2-6-14(20)7-3-12/h2-9,16-17H,10-11,20-22H2,1H3,(H,23,24)/t16-,17+/m1/s1. The monoisotopic (exact) mass is 356 g/mol. The van der Waals surface area contributed by atoms with E-state index in [9.17, 15) is 9.59 Å². The maximum Gasteiger partial charge on any atom is 0.328 e. The molecule has 0 saturated carbocycles. The highest BCUT2D eigenvalue weighted by atomic mass is 16.5. The van der Waals surface area contributed by atoms with Gasteiger partial charge in [-0.1, -0.05) is 24.3 Å². The molecule has 7 N–H and O–H groups in total. The van der Waals surface area contributed by atoms with Crippen LogP contribution in [0.25, 0.3) is 0 Å². The Labute approximate surface area is 152 Å². The van der Waals surface area contributed by atoms with Gasteiger partial charge in [-0.2, -0.15) is 0 Å². The first kappa shape index (κ1) is 19.3. The zero-order valence-electron chi connectivity index (χ0n) is 14.6. The highest BCUT2D eigenvalue weighted by Gasteiger charge is 2.24. The lowest BCUT2D eigenvalue weighted by Crippen LogP contribution is -2.50. The number of rotatable bonds is 7. The second-order valence-corrected chi connectivity index (χ2v) is 6.08. The van der Waals surface area contributed by atoms with E-state index in [0.29, 0.717) is 17.8 Å². The average molecular weight is 356 g/mol. The summed E-state index contributed by atoms with van der Waals surface area (Å²) in [5, 5.41) is 2.67. The molecule has 0 heterocycles. The number of carbonyl (C=O) groups is 2. The predicted molar refractivity (Wildman–Crippen MR) is 101 cm³/mol. The molecule has 7 heteroatoms. The molecule has 0 aliphatic rings. The topological polar surface area (TPSA) is 133 Å². The molecule has 1 amide bonds. The largest absolute Gasteiger partial charge is 0.467 e. The summed E-state index contributed by atoms with van der Waals surface area (Å²) in [6.45, 7) is 0. The van der Waals surface area contributed by atoms with Gasteiger partial charge in [-0.05, 0) is 41.8 Å². The summed E-state index contributed by atoms with van der Waals surface area (Å²) in [4.78, 5) is 24.4. The number of ether oxygens (including phenoxy) is 1. The summed E-state index contributed by atoms with van der Waals surface area (Å²) in [7, 11) is 1.28. The molecule has 2 rings (SSSR count). The molecule has 0 radical (unpaired) electrons. The van der Waals surface area contributed by atoms with Gasteiger partial charge < -0.3 is 27.3 Å². The molecule has 2 aromatic carbocycles. The second-order valence-electron chi connectivity index (χ2n) is 6.08. The Morgan fingerprint density at radius 2 is 1.38 bits per heavy atom. The fourth-order valence-corrected chi connectivity index (χ4v) is 2.50. The molecule has 0 spiro atoms. The van der Waals surface area contributed by atoms with E-state index in [0.717, 1.165) is 11.1 Å². The van der Waals surface area contributed by atoms with Gasteiger partial charge in [0.15, 0.2) is 0 Å². The molecular weight excluding hydrogens is 332 g/mol. The van der Waals surface area contributed by atoms with Gasteiger partial charge in [0.25, 0.3) is 0 Å². The molecule has 2 aromatic rings. The number of esters is 1. The van der Waals surface area contributed by atoms with Crippen LogP contribution in [-0.4, -0.2) is 31.1 Å². The van der Waals surface area contributed by atoms with Crippen molar-refractivity contribution >= 4 is 23.3 Å². The van der Waals surface area contributed by atoms with Crippen LogP contribution in [0.5, 0.6) is 0 Å². The van der Waals surface area contributed by atoms with Crippen LogP contribution in [0, 0.1) is 0 Å². The first-order valence-electron chi connectivity index (χ1n) is 8.21. The number of nitrogens with one attached hydrogen (secondary N) is 1. The number of benzene rings is 2. The molecule has 0 bridgehead atoms. The molecule has 0 aliphatic carbocycles. The molecule has 2 atom stereocenters. The summed E-state index contributed by atoms with van der Waals surface area (Å²) in [6.07, 6.45) is 0.620. The van der Waals surface area contributed by atoms with E-state index in [-0.39, 0.29) is 6.42 Å². The van der Waals surface area contributed by atoms with Gasteiger partial charge in [-0.15, -0.1) is 0 Å². The van der Waals surface area contributed by atoms with Crippen molar-refractivity contribution in [3.8, 4) is 0 Å². The third kappa shape index (κ3) is 5.49. The molecule has 0 aliphatic heterocycles. The van der Waals surface area contributed by atoms with Crippen molar-refractivity contribution in [3.63, 3.8) is 0 Å². The molecular formula is C19H24N4O3. The van der Waals surface area contributed by atoms with Gasteiger partial charge in [-0.25, -0.2) is 4.79 Å². The summed E-state index contributed by atoms with van der Waals surface area (Å²) >= 11 is 0. The summed E-state index contributed by atoms with van der Waals surface area (Å²) < 4.78 is 4.79. The normalized spacial score (nSPS) is 12.8. The number of hydrogen-bond acceptors (Lipinski definition) is 6. The van der Waals surface area contributed by atoms with Crippen LogP contribution < -0.4 is 22.5 Å². The van der Waals surface area contributed by atoms with Crippen LogP contribution in [0.1, 0.15) is 11.1 Å². The minimum Gasteiger partial charge on any atom is -0.467 e. The van der Waals surface area contributed by atoms with E-state index in [1.165, 1.54) is 7.11 Å². The van der Waals surface area contributed by atoms with Crippen LogP contribution in [0.15, 0.2) is 48.5 Å². The average Bonchev–Trinajstić information content (AvgIpc) is 2.64. The fourth-order valence-electron chi connectivity index (χ4n) is 2.50. The Morgan fingerprint density at radius 3 is 1.85 bits per heavy atom. The third-order valence-corrected chi connectivity index (χ3v) is 3.99. The van der Waals surface area contributed by atoms with Crippen LogP contribution >= 0.6 is 0 Å². The van der Waals surface area contributed by atoms with Gasteiger partial charge in [0.1, 0.15) is 6.04 Å². The number of amides is 1. The van der Waals surface area contributed by atoms with E-state index in [1.54, 1.807) is 36.4 Å². The Morgan fingerprint density at radius 1 is 0.923 bits per heavy atom. The minimum absolute atomic E-state index is 0.285. The van der Waals surface area contributed by atoms with Gasteiger partial charge >= 0.3 is 5.97 Å². The first-order valence-corrected chi connectivity index (χ1v) is 8.21. The number of carbonyl (C=O) groups excluding carboxylic acids is 2. The van der Waals surface area contributed by atoms with E-state index >= 15 is 0 Å². The van der Waals surface area contributed by atoms with Crippen LogP contribution in [0.4, 0.5) is 11.4 Å². The highest BCUT2D eigenvalue weighted by Crippen LogP contribution is 2.10. The maximum absolute atomic E-state index is 12.4. The van der Waals surface area contributed by atoms with Crippen molar-refractivity contribution in [3.05, 3.63) is 59.7 Å². The summed E-state index contributed by atoms with van der Waals surface area (Å²) in [5.74, 6) is -0.956. The van der Waals surface area contributed by atoms with Gasteiger partial charge in [0, 0.05) is 17.8 Å². The first-order chi connectivity index (χ1) is 12.4. The molecule has 138 valence electrons. The lowest BCUT2D eigenvalue weighted by molar-refractivity contribution is -0.145. The Balaban J connectivity index is 2.01. The van der Waals surface area contributed by atoms with E-state index < -0.39 is 24.0 Å². The molecule has 0 fully saturated rings. The van der Waals surface area contributed by atoms with E-state index in [1.807, 2.05) is 12.1 Å². The fraction of sp³-hybridized carbons (Fsp3) is 0.263. The Kier molecular flexibility index (Phi) is 6.57. The Bertz CT molecular complexity index is 744. The van der Waals surface area contributed by atoms with Crippen molar-refractivity contribution in [2.45, 2.75) is 24.9 Å². The van der Waals surface area contributed by atoms with Gasteiger partial charge in [0.2, 0.25) is 5.91 Å². The quantitative estimate of drug-likeness (QED) is 0.424. The molecule has 0 aromatic heterocycles. The van der Waals surface area contributed by atoms with Crippen molar-refractivity contribution < 1.29 is 14.3 Å². The zero-order chi connectivity index (χ0) is 19.1. The lowest BCUT2D eigenvalue weighted by atomic mass is 10.0. The smallest absolute Gasteiger partial charge is 0.328 e. The molecule has 7 nitrogen and oxygen atoms in total. The number of nitrogen functional groups attached to an aromatic ring is 2. The van der Waals surface area contributed by atoms with E-state index in [4.69, 9.17) is 21.9 Å². The number of methoxy groups -OCH3 is 1. The maximum atomic E-state index is 12.4. The van der Waals surface area contributed by atoms with Gasteiger partial charge in [-0.3, -0.25) is 4.79 Å². The van der Waals surface area contributed by atoms with Crippen molar-refractivity contribution in [2.24, 2.45) is 5.73 Å². The SMILES string of the molecule is COC(=O)[C@H](Cc1ccc(N)cc1)NC(=O)[C@H](N)Cc1ccc(N)cc1. The minimum atomic E-state index is -0.825. The van der Waals surface area contributed by atoms with E-state index in [2.05, 4.69) is 5.32 Å². The molecule has 26 heavy (non-hydrogen) atoms. The number of nitrogens with two attached hydrogens (primary N) is 3. The molecule has 0 saturated heterocycles. The van der Waals surface area contributed by atoms with Crippen molar-refractivity contribution in [2.75, 3.05) is 18.6 Å². The van der Waals surface area contributed by atoms with Gasteiger partial charge in [0.05, 0.1) is 13.2 Å². The summed E-state index contributed by atoms with van der Waals surface area (Å²) in [6, 6.07) is 12.6. The van der Waals surface area contributed by atoms with Crippen molar-refractivity contribution in [1.82, 2.24) is 5.32 Å². The molecule has 0 unspecified atom stereocenters. The van der Waals surface area contributed by atoms with Crippen LogP contribution in [0.3, 0.4) is 0 Å².